The minimum absolute atomic E-state index is 0.340. The van der Waals surface area contributed by atoms with Gasteiger partial charge in [0.15, 0.2) is 5.82 Å². The van der Waals surface area contributed by atoms with Crippen LogP contribution in [0.25, 0.3) is 0 Å². The zero-order valence-corrected chi connectivity index (χ0v) is 9.54. The normalized spacial score (nSPS) is 17.9. The van der Waals surface area contributed by atoms with Crippen LogP contribution in [0.1, 0.15) is 31.0 Å². The molecule has 6 heteroatoms. The van der Waals surface area contributed by atoms with Gasteiger partial charge in [-0.1, -0.05) is 5.16 Å². The molecule has 2 aromatic rings. The lowest BCUT2D eigenvalue weighted by atomic mass is 9.77. The lowest BCUT2D eigenvalue weighted by molar-refractivity contribution is 0.229. The number of aryl methyl sites for hydroxylation is 2. The fourth-order valence-electron chi connectivity index (χ4n) is 1.98. The first-order chi connectivity index (χ1) is 8.26. The average Bonchev–Trinajstić information content (AvgIpc) is 2.94. The number of rotatable bonds is 4. The van der Waals surface area contributed by atoms with Crippen LogP contribution in [0, 0.1) is 0 Å². The second-order valence-electron chi connectivity index (χ2n) is 4.54. The molecule has 90 valence electrons. The van der Waals surface area contributed by atoms with E-state index in [0.29, 0.717) is 18.1 Å². The minimum atomic E-state index is -0.340. The molecular formula is C11H15N5O. The van der Waals surface area contributed by atoms with Gasteiger partial charge in [0.2, 0.25) is 5.89 Å². The van der Waals surface area contributed by atoms with Gasteiger partial charge >= 0.3 is 0 Å². The highest BCUT2D eigenvalue weighted by Crippen LogP contribution is 2.36. The molecule has 1 fully saturated rings. The molecule has 2 N–H and O–H groups in total. The SMILES string of the molecule is NC1(c2noc(CCn3cccn3)n2)CCC1. The van der Waals surface area contributed by atoms with Crippen molar-refractivity contribution in [3.8, 4) is 0 Å². The van der Waals surface area contributed by atoms with Gasteiger partial charge in [0.25, 0.3) is 0 Å². The highest BCUT2D eigenvalue weighted by molar-refractivity contribution is 5.08. The van der Waals surface area contributed by atoms with Crippen LogP contribution in [-0.4, -0.2) is 19.9 Å². The molecule has 0 aliphatic heterocycles. The minimum Gasteiger partial charge on any atom is -0.339 e. The van der Waals surface area contributed by atoms with E-state index in [9.17, 15) is 0 Å². The van der Waals surface area contributed by atoms with Crippen molar-refractivity contribution in [1.29, 1.82) is 0 Å². The monoisotopic (exact) mass is 233 g/mol. The summed E-state index contributed by atoms with van der Waals surface area (Å²) in [4.78, 5) is 4.36. The van der Waals surface area contributed by atoms with E-state index in [2.05, 4.69) is 15.2 Å². The number of nitrogens with zero attached hydrogens (tertiary/aromatic N) is 4. The van der Waals surface area contributed by atoms with Crippen LogP contribution in [-0.2, 0) is 18.5 Å². The molecule has 0 bridgehead atoms. The molecular weight excluding hydrogens is 218 g/mol. The Morgan fingerprint density at radius 3 is 3.00 bits per heavy atom. The summed E-state index contributed by atoms with van der Waals surface area (Å²) in [5, 5.41) is 8.09. The summed E-state index contributed by atoms with van der Waals surface area (Å²) in [7, 11) is 0. The maximum atomic E-state index is 6.13. The summed E-state index contributed by atoms with van der Waals surface area (Å²) in [5.41, 5.74) is 5.79. The predicted octanol–water partition coefficient (Wildman–Crippen LogP) is 0.847. The van der Waals surface area contributed by atoms with E-state index < -0.39 is 0 Å². The van der Waals surface area contributed by atoms with Crippen molar-refractivity contribution in [2.24, 2.45) is 5.73 Å². The molecule has 0 atom stereocenters. The molecule has 0 unspecified atom stereocenters. The maximum absolute atomic E-state index is 6.13. The molecule has 0 saturated heterocycles. The van der Waals surface area contributed by atoms with Gasteiger partial charge in [0, 0.05) is 25.4 Å². The summed E-state index contributed by atoms with van der Waals surface area (Å²) in [6.07, 6.45) is 7.39. The van der Waals surface area contributed by atoms with E-state index in [1.807, 2.05) is 16.9 Å². The van der Waals surface area contributed by atoms with Gasteiger partial charge < -0.3 is 10.3 Å². The molecule has 1 aliphatic rings. The third-order valence-electron chi connectivity index (χ3n) is 3.27. The van der Waals surface area contributed by atoms with Crippen molar-refractivity contribution in [2.75, 3.05) is 0 Å². The van der Waals surface area contributed by atoms with Crippen LogP contribution in [0.3, 0.4) is 0 Å². The fraction of sp³-hybridized carbons (Fsp3) is 0.545. The van der Waals surface area contributed by atoms with E-state index in [0.717, 1.165) is 25.8 Å². The number of hydrogen-bond acceptors (Lipinski definition) is 5. The van der Waals surface area contributed by atoms with Gasteiger partial charge in [-0.3, -0.25) is 4.68 Å². The van der Waals surface area contributed by atoms with Crippen LogP contribution in [0.2, 0.25) is 0 Å². The summed E-state index contributed by atoms with van der Waals surface area (Å²) < 4.78 is 7.04. The van der Waals surface area contributed by atoms with Gasteiger partial charge in [-0.15, -0.1) is 0 Å². The zero-order valence-electron chi connectivity index (χ0n) is 9.54. The van der Waals surface area contributed by atoms with Crippen molar-refractivity contribution >= 4 is 0 Å². The Hall–Kier alpha value is -1.69. The Balaban J connectivity index is 1.64. The Morgan fingerprint density at radius 2 is 2.35 bits per heavy atom. The molecule has 0 amide bonds. The van der Waals surface area contributed by atoms with Crippen LogP contribution in [0.15, 0.2) is 23.0 Å². The van der Waals surface area contributed by atoms with Crippen LogP contribution < -0.4 is 5.73 Å². The van der Waals surface area contributed by atoms with Crippen molar-refractivity contribution in [3.05, 3.63) is 30.2 Å². The summed E-state index contributed by atoms with van der Waals surface area (Å²) in [5.74, 6) is 1.28. The molecule has 2 aromatic heterocycles. The third-order valence-corrected chi connectivity index (χ3v) is 3.27. The molecule has 0 radical (unpaired) electrons. The highest BCUT2D eigenvalue weighted by Gasteiger charge is 2.38. The van der Waals surface area contributed by atoms with Crippen molar-refractivity contribution < 1.29 is 4.52 Å². The van der Waals surface area contributed by atoms with Crippen molar-refractivity contribution in [3.63, 3.8) is 0 Å². The Bertz CT molecular complexity index is 486. The van der Waals surface area contributed by atoms with Crippen LogP contribution in [0.5, 0.6) is 0 Å². The highest BCUT2D eigenvalue weighted by atomic mass is 16.5. The molecule has 17 heavy (non-hydrogen) atoms. The number of hydrogen-bond donors (Lipinski definition) is 1. The molecule has 0 spiro atoms. The average molecular weight is 233 g/mol. The largest absolute Gasteiger partial charge is 0.339 e. The number of nitrogens with two attached hydrogens (primary N) is 1. The Morgan fingerprint density at radius 1 is 1.47 bits per heavy atom. The molecule has 3 rings (SSSR count). The van der Waals surface area contributed by atoms with Crippen LogP contribution in [0.4, 0.5) is 0 Å². The third kappa shape index (κ3) is 1.95. The smallest absolute Gasteiger partial charge is 0.228 e. The lowest BCUT2D eigenvalue weighted by Crippen LogP contribution is -2.44. The summed E-state index contributed by atoms with van der Waals surface area (Å²) in [6, 6.07) is 1.89. The summed E-state index contributed by atoms with van der Waals surface area (Å²) >= 11 is 0. The predicted molar refractivity (Wildman–Crippen MR) is 59.9 cm³/mol. The first-order valence-electron chi connectivity index (χ1n) is 5.86. The molecule has 1 saturated carbocycles. The molecule has 6 nitrogen and oxygen atoms in total. The first kappa shape index (κ1) is 10.5. The molecule has 1 aliphatic carbocycles. The van der Waals surface area contributed by atoms with E-state index in [1.54, 1.807) is 6.20 Å². The van der Waals surface area contributed by atoms with Gasteiger partial charge in [-0.25, -0.2) is 0 Å². The van der Waals surface area contributed by atoms with Gasteiger partial charge in [-0.05, 0) is 25.3 Å². The Labute approximate surface area is 98.8 Å². The zero-order chi connectivity index (χ0) is 11.7. The number of aromatic nitrogens is 4. The lowest BCUT2D eigenvalue weighted by Gasteiger charge is -2.34. The van der Waals surface area contributed by atoms with Gasteiger partial charge in [0.1, 0.15) is 0 Å². The molecule has 0 aromatic carbocycles. The van der Waals surface area contributed by atoms with Gasteiger partial charge in [0.05, 0.1) is 5.54 Å². The second-order valence-corrected chi connectivity index (χ2v) is 4.54. The quantitative estimate of drug-likeness (QED) is 0.846. The first-order valence-corrected chi connectivity index (χ1v) is 5.86. The Kier molecular flexibility index (Phi) is 2.44. The van der Waals surface area contributed by atoms with Crippen molar-refractivity contribution in [1.82, 2.24) is 19.9 Å². The van der Waals surface area contributed by atoms with E-state index in [4.69, 9.17) is 10.3 Å². The topological polar surface area (TPSA) is 82.8 Å². The maximum Gasteiger partial charge on any atom is 0.228 e. The van der Waals surface area contributed by atoms with E-state index in [-0.39, 0.29) is 5.54 Å². The second kappa shape index (κ2) is 3.96. The van der Waals surface area contributed by atoms with E-state index in [1.165, 1.54) is 0 Å². The standard InChI is InChI=1S/C11H15N5O/c12-11(4-1-5-11)10-14-9(17-15-10)3-8-16-7-2-6-13-16/h2,6-7H,1,3-5,8,12H2. The molecule has 2 heterocycles. The fourth-order valence-corrected chi connectivity index (χ4v) is 1.98. The van der Waals surface area contributed by atoms with Crippen LogP contribution >= 0.6 is 0 Å². The van der Waals surface area contributed by atoms with Crippen molar-refractivity contribution in [2.45, 2.75) is 37.8 Å². The summed E-state index contributed by atoms with van der Waals surface area (Å²) in [6.45, 7) is 0.742. The van der Waals surface area contributed by atoms with Gasteiger partial charge in [-0.2, -0.15) is 10.1 Å². The van der Waals surface area contributed by atoms with E-state index >= 15 is 0 Å².